The maximum atomic E-state index is 5.91. The van der Waals surface area contributed by atoms with Crippen molar-refractivity contribution in [1.82, 2.24) is 14.5 Å². The Labute approximate surface area is 113 Å². The number of hydrogen-bond donors (Lipinski definition) is 1. The smallest absolute Gasteiger partial charge is 0.146 e. The summed E-state index contributed by atoms with van der Waals surface area (Å²) in [6, 6.07) is 0.462. The summed E-state index contributed by atoms with van der Waals surface area (Å²) >= 11 is 2.29. The molecule has 0 unspecified atom stereocenters. The molecule has 1 aliphatic heterocycles. The van der Waals surface area contributed by atoms with Crippen LogP contribution in [0.15, 0.2) is 12.5 Å². The Morgan fingerprint density at radius 2 is 2.12 bits per heavy atom. The van der Waals surface area contributed by atoms with Crippen LogP contribution in [0.25, 0.3) is 11.0 Å². The van der Waals surface area contributed by atoms with Crippen molar-refractivity contribution < 1.29 is 4.74 Å². The molecule has 5 nitrogen and oxygen atoms in total. The number of ether oxygens (including phenoxy) is 1. The maximum Gasteiger partial charge on any atom is 0.146 e. The van der Waals surface area contributed by atoms with Crippen molar-refractivity contribution in [2.75, 3.05) is 18.9 Å². The highest BCUT2D eigenvalue weighted by Gasteiger charge is 2.20. The predicted octanol–water partition coefficient (Wildman–Crippen LogP) is 1.97. The van der Waals surface area contributed by atoms with Crippen LogP contribution in [0.3, 0.4) is 0 Å². The van der Waals surface area contributed by atoms with E-state index in [9.17, 15) is 0 Å². The van der Waals surface area contributed by atoms with Gasteiger partial charge in [-0.3, -0.25) is 0 Å². The van der Waals surface area contributed by atoms with E-state index in [1.54, 1.807) is 0 Å². The van der Waals surface area contributed by atoms with E-state index in [2.05, 4.69) is 43.3 Å². The van der Waals surface area contributed by atoms with Gasteiger partial charge in [0.2, 0.25) is 0 Å². The first kappa shape index (κ1) is 11.2. The third-order valence-electron chi connectivity index (χ3n) is 3.18. The van der Waals surface area contributed by atoms with E-state index < -0.39 is 0 Å². The number of rotatable bonds is 1. The van der Waals surface area contributed by atoms with Crippen LogP contribution in [0.2, 0.25) is 0 Å². The number of fused-ring (bicyclic) bond motifs is 1. The molecule has 3 heterocycles. The van der Waals surface area contributed by atoms with E-state index in [4.69, 9.17) is 10.5 Å². The molecule has 0 spiro atoms. The number of nitrogen functional groups attached to an aromatic ring is 1. The lowest BCUT2D eigenvalue weighted by atomic mass is 10.1. The van der Waals surface area contributed by atoms with Gasteiger partial charge in [-0.25, -0.2) is 9.97 Å². The molecule has 0 bridgehead atoms. The Morgan fingerprint density at radius 3 is 2.88 bits per heavy atom. The Balaban J connectivity index is 2.13. The van der Waals surface area contributed by atoms with Crippen LogP contribution in [0.1, 0.15) is 18.9 Å². The summed E-state index contributed by atoms with van der Waals surface area (Å²) < 4.78 is 8.72. The van der Waals surface area contributed by atoms with Crippen molar-refractivity contribution in [3.05, 3.63) is 16.1 Å². The highest BCUT2D eigenvalue weighted by Crippen LogP contribution is 2.31. The molecular weight excluding hydrogens is 331 g/mol. The summed E-state index contributed by atoms with van der Waals surface area (Å²) in [7, 11) is 0. The summed E-state index contributed by atoms with van der Waals surface area (Å²) in [6.07, 6.45) is 5.71. The van der Waals surface area contributed by atoms with E-state index in [0.717, 1.165) is 40.7 Å². The molecule has 1 saturated heterocycles. The van der Waals surface area contributed by atoms with Crippen molar-refractivity contribution in [2.45, 2.75) is 18.9 Å². The number of nitrogens with two attached hydrogens (primary N) is 1. The van der Waals surface area contributed by atoms with E-state index in [1.165, 1.54) is 6.33 Å². The molecule has 1 aliphatic rings. The molecule has 0 saturated carbocycles. The topological polar surface area (TPSA) is 66.0 Å². The number of anilines is 1. The third-order valence-corrected chi connectivity index (χ3v) is 3.99. The van der Waals surface area contributed by atoms with Gasteiger partial charge in [0.05, 0.1) is 5.39 Å². The summed E-state index contributed by atoms with van der Waals surface area (Å²) in [5.41, 5.74) is 6.84. The summed E-state index contributed by atoms with van der Waals surface area (Å²) in [4.78, 5) is 8.41. The lowest BCUT2D eigenvalue weighted by molar-refractivity contribution is 0.0705. The molecular formula is C11H13IN4O. The maximum absolute atomic E-state index is 5.91. The van der Waals surface area contributed by atoms with Crippen LogP contribution in [-0.2, 0) is 4.74 Å². The van der Waals surface area contributed by atoms with Gasteiger partial charge < -0.3 is 15.0 Å². The van der Waals surface area contributed by atoms with Gasteiger partial charge in [-0.2, -0.15) is 0 Å². The standard InChI is InChI=1S/C11H13IN4O/c12-8-5-16(7-1-3-17-4-2-7)11-9(8)10(13)14-6-15-11/h5-7H,1-4H2,(H2,13,14,15). The van der Waals surface area contributed by atoms with E-state index >= 15 is 0 Å². The van der Waals surface area contributed by atoms with Gasteiger partial charge in [-0.05, 0) is 35.4 Å². The Morgan fingerprint density at radius 1 is 1.35 bits per heavy atom. The largest absolute Gasteiger partial charge is 0.383 e. The van der Waals surface area contributed by atoms with Gasteiger partial charge >= 0.3 is 0 Å². The van der Waals surface area contributed by atoms with Gasteiger partial charge in [-0.15, -0.1) is 0 Å². The zero-order valence-corrected chi connectivity index (χ0v) is 11.4. The van der Waals surface area contributed by atoms with E-state index in [0.29, 0.717) is 11.9 Å². The minimum Gasteiger partial charge on any atom is -0.383 e. The Bertz CT molecular complexity index is 548. The molecule has 0 radical (unpaired) electrons. The monoisotopic (exact) mass is 344 g/mol. The molecule has 2 N–H and O–H groups in total. The number of aromatic nitrogens is 3. The summed E-state index contributed by atoms with van der Waals surface area (Å²) in [5.74, 6) is 0.560. The van der Waals surface area contributed by atoms with Crippen LogP contribution >= 0.6 is 22.6 Å². The van der Waals surface area contributed by atoms with Crippen molar-refractivity contribution in [1.29, 1.82) is 0 Å². The molecule has 1 fully saturated rings. The number of hydrogen-bond acceptors (Lipinski definition) is 4. The fourth-order valence-electron chi connectivity index (χ4n) is 2.30. The highest BCUT2D eigenvalue weighted by molar-refractivity contribution is 14.1. The van der Waals surface area contributed by atoms with Crippen LogP contribution in [-0.4, -0.2) is 27.7 Å². The quantitative estimate of drug-likeness (QED) is 0.804. The van der Waals surface area contributed by atoms with Crippen molar-refractivity contribution in [2.24, 2.45) is 0 Å². The molecule has 6 heteroatoms. The normalized spacial score (nSPS) is 17.7. The minimum absolute atomic E-state index is 0.462. The predicted molar refractivity (Wildman–Crippen MR) is 73.7 cm³/mol. The molecule has 90 valence electrons. The van der Waals surface area contributed by atoms with Crippen molar-refractivity contribution in [3.63, 3.8) is 0 Å². The fraction of sp³-hybridized carbons (Fsp3) is 0.455. The van der Waals surface area contributed by atoms with Gasteiger partial charge in [-0.1, -0.05) is 0 Å². The van der Waals surface area contributed by atoms with Crippen LogP contribution in [0, 0.1) is 3.57 Å². The summed E-state index contributed by atoms with van der Waals surface area (Å²) in [6.45, 7) is 1.64. The van der Waals surface area contributed by atoms with Crippen LogP contribution in [0.5, 0.6) is 0 Å². The number of nitrogens with zero attached hydrogens (tertiary/aromatic N) is 3. The van der Waals surface area contributed by atoms with Gasteiger partial charge in [0.1, 0.15) is 17.8 Å². The average molecular weight is 344 g/mol. The van der Waals surface area contributed by atoms with E-state index in [-0.39, 0.29) is 0 Å². The van der Waals surface area contributed by atoms with Crippen molar-refractivity contribution >= 4 is 39.4 Å². The molecule has 0 aliphatic carbocycles. The van der Waals surface area contributed by atoms with Crippen LogP contribution < -0.4 is 5.73 Å². The van der Waals surface area contributed by atoms with Gasteiger partial charge in [0, 0.05) is 29.0 Å². The van der Waals surface area contributed by atoms with Crippen molar-refractivity contribution in [3.8, 4) is 0 Å². The fourth-order valence-corrected chi connectivity index (χ4v) is 3.12. The third kappa shape index (κ3) is 1.89. The molecule has 0 atom stereocenters. The zero-order valence-electron chi connectivity index (χ0n) is 9.27. The van der Waals surface area contributed by atoms with Gasteiger partial charge in [0.15, 0.2) is 0 Å². The first-order valence-corrected chi connectivity index (χ1v) is 6.69. The zero-order chi connectivity index (χ0) is 11.8. The second-order valence-corrected chi connectivity index (χ2v) is 5.35. The molecule has 2 aromatic heterocycles. The summed E-state index contributed by atoms with van der Waals surface area (Å²) in [5, 5.41) is 0.972. The number of halogens is 1. The molecule has 0 aromatic carbocycles. The van der Waals surface area contributed by atoms with Gasteiger partial charge in [0.25, 0.3) is 0 Å². The molecule has 3 rings (SSSR count). The molecule has 2 aromatic rings. The minimum atomic E-state index is 0.462. The lowest BCUT2D eigenvalue weighted by Crippen LogP contribution is -2.19. The average Bonchev–Trinajstić information content (AvgIpc) is 2.69. The molecule has 17 heavy (non-hydrogen) atoms. The second-order valence-electron chi connectivity index (χ2n) is 4.19. The Kier molecular flexibility index (Phi) is 2.91. The first-order valence-electron chi connectivity index (χ1n) is 5.61. The SMILES string of the molecule is Nc1ncnc2c1c(I)cn2C1CCOCC1. The first-order chi connectivity index (χ1) is 8.27. The van der Waals surface area contributed by atoms with Crippen LogP contribution in [0.4, 0.5) is 5.82 Å². The second kappa shape index (κ2) is 4.41. The highest BCUT2D eigenvalue weighted by atomic mass is 127. The van der Waals surface area contributed by atoms with E-state index in [1.807, 2.05) is 0 Å². The lowest BCUT2D eigenvalue weighted by Gasteiger charge is -2.23. The molecule has 0 amide bonds. The Hall–Kier alpha value is -0.890.